The standard InChI is InChI=1S/C27H20NS/c1-17-20-9-5-3-7-18(20)11-13-21(17)25-27-24(15-16-28(25)2)23-14-12-19-8-4-6-10-22(19)26(23)29-27/h3-16H,1-2H3/q+1. The molecule has 2 aromatic heterocycles. The third kappa shape index (κ3) is 2.36. The Balaban J connectivity index is 1.76. The zero-order valence-corrected chi connectivity index (χ0v) is 17.3. The highest BCUT2D eigenvalue weighted by molar-refractivity contribution is 7.27. The van der Waals surface area contributed by atoms with E-state index in [1.165, 1.54) is 58.5 Å². The minimum absolute atomic E-state index is 1.30. The highest BCUT2D eigenvalue weighted by atomic mass is 32.1. The Morgan fingerprint density at radius 2 is 1.28 bits per heavy atom. The predicted octanol–water partition coefficient (Wildman–Crippen LogP) is 7.16. The monoisotopic (exact) mass is 390 g/mol. The predicted molar refractivity (Wildman–Crippen MR) is 126 cm³/mol. The minimum Gasteiger partial charge on any atom is -0.200 e. The number of hydrogen-bond donors (Lipinski definition) is 0. The number of aromatic nitrogens is 1. The second-order valence-corrected chi connectivity index (χ2v) is 8.76. The van der Waals surface area contributed by atoms with Gasteiger partial charge in [-0.2, -0.15) is 4.57 Å². The SMILES string of the molecule is Cc1c(-c2c3sc4c5ccccc5ccc4c3cc[n+]2C)ccc2ccccc12. The summed E-state index contributed by atoms with van der Waals surface area (Å²) >= 11 is 1.92. The molecule has 0 amide bonds. The molecule has 0 N–H and O–H groups in total. The zero-order valence-electron chi connectivity index (χ0n) is 16.4. The summed E-state index contributed by atoms with van der Waals surface area (Å²) in [6.45, 7) is 2.25. The fraction of sp³-hybridized carbons (Fsp3) is 0.0741. The van der Waals surface area contributed by atoms with Crippen molar-refractivity contribution < 1.29 is 4.57 Å². The summed E-state index contributed by atoms with van der Waals surface area (Å²) < 4.78 is 5.01. The fourth-order valence-electron chi connectivity index (χ4n) is 4.60. The van der Waals surface area contributed by atoms with Gasteiger partial charge in [0.25, 0.3) is 0 Å². The van der Waals surface area contributed by atoms with E-state index < -0.39 is 0 Å². The zero-order chi connectivity index (χ0) is 19.5. The lowest BCUT2D eigenvalue weighted by molar-refractivity contribution is -0.659. The maximum atomic E-state index is 2.29. The van der Waals surface area contributed by atoms with Crippen molar-refractivity contribution in [2.45, 2.75) is 6.92 Å². The molecular weight excluding hydrogens is 370 g/mol. The molecular formula is C27H20NS+. The first-order valence-corrected chi connectivity index (χ1v) is 10.8. The molecule has 0 saturated heterocycles. The number of fused-ring (bicyclic) bond motifs is 6. The molecule has 138 valence electrons. The van der Waals surface area contributed by atoms with Gasteiger partial charge in [0, 0.05) is 21.5 Å². The first-order valence-electron chi connectivity index (χ1n) is 9.94. The first kappa shape index (κ1) is 16.7. The van der Waals surface area contributed by atoms with Crippen LogP contribution < -0.4 is 4.57 Å². The van der Waals surface area contributed by atoms with Crippen LogP contribution in [0.5, 0.6) is 0 Å². The molecule has 0 atom stereocenters. The van der Waals surface area contributed by atoms with Crippen LogP contribution in [0.25, 0.3) is 53.0 Å². The van der Waals surface area contributed by atoms with E-state index in [1.54, 1.807) is 0 Å². The van der Waals surface area contributed by atoms with Gasteiger partial charge in [-0.3, -0.25) is 0 Å². The van der Waals surface area contributed by atoms with Crippen molar-refractivity contribution in [1.29, 1.82) is 0 Å². The Kier molecular flexibility index (Phi) is 3.53. The summed E-state index contributed by atoms with van der Waals surface area (Å²) in [6.07, 6.45) is 2.20. The van der Waals surface area contributed by atoms with E-state index in [4.69, 9.17) is 0 Å². The molecule has 0 unspecified atom stereocenters. The maximum absolute atomic E-state index is 2.29. The maximum Gasteiger partial charge on any atom is 0.230 e. The summed E-state index contributed by atoms with van der Waals surface area (Å²) in [6, 6.07) is 28.7. The summed E-state index contributed by atoms with van der Waals surface area (Å²) in [4.78, 5) is 0. The highest BCUT2D eigenvalue weighted by Crippen LogP contribution is 2.42. The van der Waals surface area contributed by atoms with Crippen LogP contribution in [0.3, 0.4) is 0 Å². The van der Waals surface area contributed by atoms with E-state index in [0.29, 0.717) is 0 Å². The molecule has 4 aromatic carbocycles. The van der Waals surface area contributed by atoms with Crippen LogP contribution in [0.4, 0.5) is 0 Å². The van der Waals surface area contributed by atoms with Crippen LogP contribution in [-0.2, 0) is 7.05 Å². The number of nitrogens with zero attached hydrogens (tertiary/aromatic N) is 1. The minimum atomic E-state index is 1.30. The van der Waals surface area contributed by atoms with Gasteiger partial charge in [0.15, 0.2) is 6.20 Å². The normalized spacial score (nSPS) is 11.8. The average molecular weight is 391 g/mol. The Labute approximate surface area is 173 Å². The average Bonchev–Trinajstić information content (AvgIpc) is 3.14. The quantitative estimate of drug-likeness (QED) is 0.262. The van der Waals surface area contributed by atoms with Gasteiger partial charge in [-0.15, -0.1) is 11.3 Å². The van der Waals surface area contributed by atoms with Crippen LogP contribution in [-0.4, -0.2) is 0 Å². The van der Waals surface area contributed by atoms with Crippen molar-refractivity contribution in [3.63, 3.8) is 0 Å². The van der Waals surface area contributed by atoms with Crippen molar-refractivity contribution in [2.75, 3.05) is 0 Å². The van der Waals surface area contributed by atoms with Gasteiger partial charge in [-0.1, -0.05) is 66.7 Å². The van der Waals surface area contributed by atoms with E-state index in [9.17, 15) is 0 Å². The molecule has 0 fully saturated rings. The Morgan fingerprint density at radius 1 is 0.621 bits per heavy atom. The lowest BCUT2D eigenvalue weighted by Crippen LogP contribution is -2.30. The van der Waals surface area contributed by atoms with Gasteiger partial charge in [0.05, 0.1) is 5.56 Å². The van der Waals surface area contributed by atoms with Crippen molar-refractivity contribution in [3.8, 4) is 11.3 Å². The molecule has 0 bridgehead atoms. The Bertz CT molecular complexity index is 1570. The number of pyridine rings is 1. The molecule has 6 aromatic rings. The van der Waals surface area contributed by atoms with E-state index in [0.717, 1.165) is 0 Å². The summed E-state index contributed by atoms with van der Waals surface area (Å²) in [7, 11) is 2.16. The topological polar surface area (TPSA) is 3.88 Å². The third-order valence-corrected chi connectivity index (χ3v) is 7.37. The number of rotatable bonds is 1. The molecule has 0 aliphatic rings. The van der Waals surface area contributed by atoms with Crippen LogP contribution >= 0.6 is 11.3 Å². The van der Waals surface area contributed by atoms with Crippen LogP contribution in [0.1, 0.15) is 5.56 Å². The van der Waals surface area contributed by atoms with Crippen molar-refractivity contribution in [1.82, 2.24) is 0 Å². The molecule has 29 heavy (non-hydrogen) atoms. The lowest BCUT2D eigenvalue weighted by Gasteiger charge is -2.09. The number of aryl methyl sites for hydroxylation is 2. The number of hydrogen-bond acceptors (Lipinski definition) is 1. The van der Waals surface area contributed by atoms with Crippen molar-refractivity contribution in [2.24, 2.45) is 7.05 Å². The van der Waals surface area contributed by atoms with E-state index in [-0.39, 0.29) is 0 Å². The smallest absolute Gasteiger partial charge is 0.200 e. The van der Waals surface area contributed by atoms with Gasteiger partial charge in [0.1, 0.15) is 11.7 Å². The molecule has 0 aliphatic carbocycles. The molecule has 6 rings (SSSR count). The number of benzene rings is 4. The number of thiophene rings is 1. The first-order chi connectivity index (χ1) is 14.2. The van der Waals surface area contributed by atoms with Gasteiger partial charge in [-0.25, -0.2) is 0 Å². The third-order valence-electron chi connectivity index (χ3n) is 6.10. The van der Waals surface area contributed by atoms with Crippen LogP contribution in [0.2, 0.25) is 0 Å². The van der Waals surface area contributed by atoms with Crippen molar-refractivity contribution in [3.05, 3.63) is 90.6 Å². The lowest BCUT2D eigenvalue weighted by atomic mass is 9.97. The van der Waals surface area contributed by atoms with Gasteiger partial charge in [-0.05, 0) is 40.1 Å². The van der Waals surface area contributed by atoms with E-state index in [2.05, 4.69) is 104 Å². The van der Waals surface area contributed by atoms with E-state index >= 15 is 0 Å². The molecule has 1 nitrogen and oxygen atoms in total. The fourth-order valence-corrected chi connectivity index (χ4v) is 6.03. The van der Waals surface area contributed by atoms with Gasteiger partial charge >= 0.3 is 0 Å². The second-order valence-electron chi connectivity index (χ2n) is 7.74. The second kappa shape index (κ2) is 6.13. The largest absolute Gasteiger partial charge is 0.230 e. The summed E-state index contributed by atoms with van der Waals surface area (Å²) in [5, 5.41) is 7.97. The molecule has 0 aliphatic heterocycles. The van der Waals surface area contributed by atoms with Crippen molar-refractivity contribution >= 4 is 53.1 Å². The highest BCUT2D eigenvalue weighted by Gasteiger charge is 2.21. The Hall–Kier alpha value is -3.23. The summed E-state index contributed by atoms with van der Waals surface area (Å²) in [5.41, 5.74) is 3.96. The molecule has 2 heteroatoms. The molecule has 0 spiro atoms. The van der Waals surface area contributed by atoms with E-state index in [1.807, 2.05) is 11.3 Å². The van der Waals surface area contributed by atoms with Gasteiger partial charge < -0.3 is 0 Å². The van der Waals surface area contributed by atoms with Crippen LogP contribution in [0, 0.1) is 6.92 Å². The molecule has 0 saturated carbocycles. The van der Waals surface area contributed by atoms with Gasteiger partial charge in [0.2, 0.25) is 5.69 Å². The molecule has 0 radical (unpaired) electrons. The van der Waals surface area contributed by atoms with Crippen LogP contribution in [0.15, 0.2) is 85.1 Å². The molecule has 2 heterocycles. The Morgan fingerprint density at radius 3 is 2.10 bits per heavy atom. The summed E-state index contributed by atoms with van der Waals surface area (Å²) in [5.74, 6) is 0.